The van der Waals surface area contributed by atoms with Gasteiger partial charge in [-0.1, -0.05) is 11.6 Å². The van der Waals surface area contributed by atoms with E-state index in [2.05, 4.69) is 4.72 Å². The molecule has 0 bridgehead atoms. The average molecular weight is 349 g/mol. The van der Waals surface area contributed by atoms with Gasteiger partial charge in [-0.2, -0.15) is 21.7 Å². The summed E-state index contributed by atoms with van der Waals surface area (Å²) in [6.45, 7) is 0. The minimum atomic E-state index is -4.12. The van der Waals surface area contributed by atoms with E-state index in [1.807, 2.05) is 0 Å². The monoisotopic (exact) mass is 348 g/mol. The third kappa shape index (κ3) is 4.89. The second kappa shape index (κ2) is 7.66. The molecule has 0 radical (unpaired) electrons. The van der Waals surface area contributed by atoms with Crippen molar-refractivity contribution in [3.8, 4) is 6.07 Å². The normalized spacial score (nSPS) is 12.6. The van der Waals surface area contributed by atoms with Gasteiger partial charge in [-0.05, 0) is 36.6 Å². The van der Waals surface area contributed by atoms with Gasteiger partial charge in [0.1, 0.15) is 10.9 Å². The van der Waals surface area contributed by atoms with E-state index >= 15 is 0 Å². The summed E-state index contributed by atoms with van der Waals surface area (Å²) < 4.78 is 26.5. The number of halogens is 1. The van der Waals surface area contributed by atoms with Gasteiger partial charge in [0.2, 0.25) is 10.0 Å². The number of nitrogens with one attached hydrogen (secondary N) is 1. The zero-order valence-corrected chi connectivity index (χ0v) is 13.4. The molecule has 6 nitrogen and oxygen atoms in total. The van der Waals surface area contributed by atoms with Gasteiger partial charge < -0.3 is 5.11 Å². The Kier molecular flexibility index (Phi) is 6.48. The Morgan fingerprint density at radius 2 is 2.24 bits per heavy atom. The van der Waals surface area contributed by atoms with Crippen molar-refractivity contribution in [3.63, 3.8) is 0 Å². The highest BCUT2D eigenvalue weighted by Gasteiger charge is 2.26. The van der Waals surface area contributed by atoms with Crippen LogP contribution in [0.4, 0.5) is 0 Å². The molecule has 114 valence electrons. The predicted molar refractivity (Wildman–Crippen MR) is 80.9 cm³/mol. The standard InChI is InChI=1S/C12H13ClN2O4S2/c1-20-5-4-10(12(16)17)15-21(18,19)11-6-8(7-14)2-3-9(11)13/h2-3,6,10,15H,4-5H2,1H3,(H,16,17)/t10-/m1/s1. The van der Waals surface area contributed by atoms with Crippen molar-refractivity contribution in [2.75, 3.05) is 12.0 Å². The number of hydrogen-bond donors (Lipinski definition) is 2. The van der Waals surface area contributed by atoms with Crippen LogP contribution in [-0.4, -0.2) is 37.5 Å². The topological polar surface area (TPSA) is 107 Å². The quantitative estimate of drug-likeness (QED) is 0.776. The van der Waals surface area contributed by atoms with E-state index in [0.717, 1.165) is 6.07 Å². The molecule has 0 saturated heterocycles. The number of carboxylic acids is 1. The molecule has 0 amide bonds. The SMILES string of the molecule is CSCC[C@@H](NS(=O)(=O)c1cc(C#N)ccc1Cl)C(=O)O. The van der Waals surface area contributed by atoms with Gasteiger partial charge in [0.25, 0.3) is 0 Å². The van der Waals surface area contributed by atoms with E-state index in [1.165, 1.54) is 23.9 Å². The van der Waals surface area contributed by atoms with Crippen molar-refractivity contribution in [1.82, 2.24) is 4.72 Å². The maximum absolute atomic E-state index is 12.2. The molecule has 1 aromatic carbocycles. The molecular weight excluding hydrogens is 336 g/mol. The molecule has 1 aromatic rings. The van der Waals surface area contributed by atoms with Gasteiger partial charge in [0.05, 0.1) is 16.7 Å². The fraction of sp³-hybridized carbons (Fsp3) is 0.333. The summed E-state index contributed by atoms with van der Waals surface area (Å²) in [6.07, 6.45) is 1.94. The van der Waals surface area contributed by atoms with Crippen LogP contribution in [0.2, 0.25) is 5.02 Å². The van der Waals surface area contributed by atoms with Crippen LogP contribution in [0.3, 0.4) is 0 Å². The van der Waals surface area contributed by atoms with Gasteiger partial charge >= 0.3 is 5.97 Å². The molecule has 0 heterocycles. The molecule has 1 rings (SSSR count). The van der Waals surface area contributed by atoms with E-state index in [0.29, 0.717) is 5.75 Å². The lowest BCUT2D eigenvalue weighted by atomic mass is 10.2. The number of aliphatic carboxylic acids is 1. The Balaban J connectivity index is 3.10. The first kappa shape index (κ1) is 17.8. The molecule has 21 heavy (non-hydrogen) atoms. The van der Waals surface area contributed by atoms with Crippen LogP contribution in [0, 0.1) is 11.3 Å². The lowest BCUT2D eigenvalue weighted by Crippen LogP contribution is -2.41. The average Bonchev–Trinajstić information content (AvgIpc) is 2.43. The lowest BCUT2D eigenvalue weighted by molar-refractivity contribution is -0.139. The molecule has 0 saturated carbocycles. The van der Waals surface area contributed by atoms with Crippen molar-refractivity contribution in [2.24, 2.45) is 0 Å². The Hall–Kier alpha value is -1.27. The number of nitrogens with zero attached hydrogens (tertiary/aromatic N) is 1. The minimum Gasteiger partial charge on any atom is -0.480 e. The molecule has 0 aliphatic heterocycles. The Morgan fingerprint density at radius 3 is 2.76 bits per heavy atom. The number of carbonyl (C=O) groups is 1. The van der Waals surface area contributed by atoms with Gasteiger partial charge in [0, 0.05) is 0 Å². The number of hydrogen-bond acceptors (Lipinski definition) is 5. The van der Waals surface area contributed by atoms with Crippen LogP contribution in [0.25, 0.3) is 0 Å². The van der Waals surface area contributed by atoms with Gasteiger partial charge in [-0.25, -0.2) is 8.42 Å². The number of thioether (sulfide) groups is 1. The largest absolute Gasteiger partial charge is 0.480 e. The van der Waals surface area contributed by atoms with E-state index in [-0.39, 0.29) is 21.9 Å². The summed E-state index contributed by atoms with van der Waals surface area (Å²) in [4.78, 5) is 10.8. The first-order valence-electron chi connectivity index (χ1n) is 5.75. The predicted octanol–water partition coefficient (Wildman–Crippen LogP) is 1.70. The second-order valence-electron chi connectivity index (χ2n) is 4.05. The molecule has 2 N–H and O–H groups in total. The van der Waals surface area contributed by atoms with E-state index in [4.69, 9.17) is 22.0 Å². The molecule has 0 unspecified atom stereocenters. The molecule has 9 heteroatoms. The number of carboxylic acid groups (broad SMARTS) is 1. The van der Waals surface area contributed by atoms with Gasteiger partial charge in [-0.3, -0.25) is 4.79 Å². The van der Waals surface area contributed by atoms with Crippen molar-refractivity contribution in [2.45, 2.75) is 17.4 Å². The summed E-state index contributed by atoms with van der Waals surface area (Å²) in [7, 11) is -4.12. The summed E-state index contributed by atoms with van der Waals surface area (Å²) >= 11 is 7.24. The molecule has 1 atom stereocenters. The van der Waals surface area contributed by atoms with Gasteiger partial charge in [-0.15, -0.1) is 0 Å². The summed E-state index contributed by atoms with van der Waals surface area (Å²) in [5.41, 5.74) is 0.121. The van der Waals surface area contributed by atoms with Crippen LogP contribution < -0.4 is 4.72 Å². The zero-order chi connectivity index (χ0) is 16.0. The lowest BCUT2D eigenvalue weighted by Gasteiger charge is -2.15. The van der Waals surface area contributed by atoms with E-state index < -0.39 is 22.0 Å². The first-order chi connectivity index (χ1) is 9.81. The fourth-order valence-electron chi connectivity index (χ4n) is 1.50. The Bertz CT molecular complexity index is 670. The number of nitriles is 1. The first-order valence-corrected chi connectivity index (χ1v) is 9.01. The molecule has 0 aliphatic rings. The third-order valence-electron chi connectivity index (χ3n) is 2.56. The maximum atomic E-state index is 12.2. The van der Waals surface area contributed by atoms with Crippen molar-refractivity contribution < 1.29 is 18.3 Å². The van der Waals surface area contributed by atoms with E-state index in [1.54, 1.807) is 12.3 Å². The van der Waals surface area contributed by atoms with Crippen LogP contribution in [0.5, 0.6) is 0 Å². The third-order valence-corrected chi connectivity index (χ3v) is 5.15. The van der Waals surface area contributed by atoms with Crippen LogP contribution in [-0.2, 0) is 14.8 Å². The fourth-order valence-corrected chi connectivity index (χ4v) is 3.72. The van der Waals surface area contributed by atoms with Crippen LogP contribution in [0.15, 0.2) is 23.1 Å². The molecular formula is C12H13ClN2O4S2. The van der Waals surface area contributed by atoms with Gasteiger partial charge in [0.15, 0.2) is 0 Å². The molecule has 0 aliphatic carbocycles. The molecule has 0 fully saturated rings. The summed E-state index contributed by atoms with van der Waals surface area (Å²) in [5, 5.41) is 17.8. The smallest absolute Gasteiger partial charge is 0.321 e. The number of benzene rings is 1. The Morgan fingerprint density at radius 1 is 1.57 bits per heavy atom. The molecule has 0 spiro atoms. The summed E-state index contributed by atoms with van der Waals surface area (Å²) in [5.74, 6) is -0.772. The summed E-state index contributed by atoms with van der Waals surface area (Å²) in [6, 6.07) is 4.33. The minimum absolute atomic E-state index is 0.0736. The van der Waals surface area contributed by atoms with E-state index in [9.17, 15) is 13.2 Å². The maximum Gasteiger partial charge on any atom is 0.321 e. The highest BCUT2D eigenvalue weighted by atomic mass is 35.5. The highest BCUT2D eigenvalue weighted by molar-refractivity contribution is 7.98. The molecule has 0 aromatic heterocycles. The number of sulfonamides is 1. The van der Waals surface area contributed by atoms with Crippen molar-refractivity contribution in [3.05, 3.63) is 28.8 Å². The van der Waals surface area contributed by atoms with Crippen molar-refractivity contribution in [1.29, 1.82) is 5.26 Å². The zero-order valence-electron chi connectivity index (χ0n) is 11.0. The highest BCUT2D eigenvalue weighted by Crippen LogP contribution is 2.23. The second-order valence-corrected chi connectivity index (χ2v) is 7.13. The van der Waals surface area contributed by atoms with Crippen LogP contribution in [0.1, 0.15) is 12.0 Å². The number of rotatable bonds is 7. The van der Waals surface area contributed by atoms with Crippen molar-refractivity contribution >= 4 is 39.4 Å². The van der Waals surface area contributed by atoms with Crippen LogP contribution >= 0.6 is 23.4 Å². The Labute approximate surface area is 132 Å².